The Morgan fingerprint density at radius 3 is 2.74 bits per heavy atom. The first-order valence-corrected chi connectivity index (χ1v) is 9.31. The summed E-state index contributed by atoms with van der Waals surface area (Å²) in [5.41, 5.74) is 0. The van der Waals surface area contributed by atoms with Crippen LogP contribution in [0.5, 0.6) is 0 Å². The maximum atomic E-state index is 12.3. The van der Waals surface area contributed by atoms with Crippen LogP contribution in [-0.4, -0.2) is 38.0 Å². The molecule has 19 heavy (non-hydrogen) atoms. The quantitative estimate of drug-likeness (QED) is 0.807. The summed E-state index contributed by atoms with van der Waals surface area (Å²) < 4.78 is 28.1. The van der Waals surface area contributed by atoms with Crippen LogP contribution >= 0.6 is 27.7 Å². The molecule has 0 saturated heterocycles. The van der Waals surface area contributed by atoms with Gasteiger partial charge in [-0.25, -0.2) is 18.1 Å². The minimum atomic E-state index is -3.55. The second-order valence-electron chi connectivity index (χ2n) is 4.46. The van der Waals surface area contributed by atoms with Crippen LogP contribution < -0.4 is 10.0 Å². The van der Waals surface area contributed by atoms with Gasteiger partial charge >= 0.3 is 0 Å². The van der Waals surface area contributed by atoms with Gasteiger partial charge in [0.05, 0.1) is 0 Å². The SMILES string of the molecule is CNc1ncc(Br)cc1S(=O)(=O)NCC1(SC)CC1. The van der Waals surface area contributed by atoms with Gasteiger partial charge in [-0.2, -0.15) is 11.8 Å². The third kappa shape index (κ3) is 3.42. The van der Waals surface area contributed by atoms with E-state index in [2.05, 4.69) is 31.0 Å². The molecule has 0 spiro atoms. The highest BCUT2D eigenvalue weighted by Crippen LogP contribution is 2.46. The molecule has 1 aromatic heterocycles. The minimum Gasteiger partial charge on any atom is -0.372 e. The molecule has 1 aliphatic carbocycles. The van der Waals surface area contributed by atoms with Gasteiger partial charge in [-0.1, -0.05) is 0 Å². The van der Waals surface area contributed by atoms with Crippen molar-refractivity contribution in [2.45, 2.75) is 22.5 Å². The Labute approximate surface area is 126 Å². The van der Waals surface area contributed by atoms with E-state index in [0.717, 1.165) is 12.8 Å². The van der Waals surface area contributed by atoms with Gasteiger partial charge in [0.1, 0.15) is 10.7 Å². The van der Waals surface area contributed by atoms with Crippen molar-refractivity contribution in [2.75, 3.05) is 25.2 Å². The van der Waals surface area contributed by atoms with Crippen LogP contribution in [0.15, 0.2) is 21.6 Å². The average Bonchev–Trinajstić information content (AvgIpc) is 3.17. The van der Waals surface area contributed by atoms with Gasteiger partial charge in [0.2, 0.25) is 10.0 Å². The lowest BCUT2D eigenvalue weighted by Gasteiger charge is -2.15. The number of nitrogens with one attached hydrogen (secondary N) is 2. The normalized spacial score (nSPS) is 17.2. The molecule has 0 aromatic carbocycles. The van der Waals surface area contributed by atoms with Crippen molar-refractivity contribution in [2.24, 2.45) is 0 Å². The molecule has 1 aliphatic rings. The van der Waals surface area contributed by atoms with Crippen molar-refractivity contribution in [3.63, 3.8) is 0 Å². The van der Waals surface area contributed by atoms with Gasteiger partial charge in [0.15, 0.2) is 0 Å². The minimum absolute atomic E-state index is 0.0896. The second-order valence-corrected chi connectivity index (χ2v) is 8.39. The Bertz CT molecular complexity index is 573. The van der Waals surface area contributed by atoms with Gasteiger partial charge in [-0.3, -0.25) is 0 Å². The molecule has 0 unspecified atom stereocenters. The van der Waals surface area contributed by atoms with E-state index < -0.39 is 10.0 Å². The molecule has 0 atom stereocenters. The fourth-order valence-electron chi connectivity index (χ4n) is 1.71. The smallest absolute Gasteiger partial charge is 0.244 e. The molecular weight excluding hydrogens is 350 g/mol. The van der Waals surface area contributed by atoms with E-state index >= 15 is 0 Å². The fraction of sp³-hybridized carbons (Fsp3) is 0.545. The summed E-state index contributed by atoms with van der Waals surface area (Å²) in [6, 6.07) is 1.56. The number of nitrogens with zero attached hydrogens (tertiary/aromatic N) is 1. The van der Waals surface area contributed by atoms with Crippen molar-refractivity contribution in [3.8, 4) is 0 Å². The molecule has 1 heterocycles. The van der Waals surface area contributed by atoms with Crippen molar-refractivity contribution >= 4 is 43.5 Å². The van der Waals surface area contributed by atoms with E-state index in [1.54, 1.807) is 31.1 Å². The first kappa shape index (κ1) is 15.1. The van der Waals surface area contributed by atoms with Crippen molar-refractivity contribution in [3.05, 3.63) is 16.7 Å². The van der Waals surface area contributed by atoms with Gasteiger partial charge in [-0.15, -0.1) is 0 Å². The molecule has 0 aliphatic heterocycles. The van der Waals surface area contributed by atoms with Crippen molar-refractivity contribution in [1.82, 2.24) is 9.71 Å². The van der Waals surface area contributed by atoms with Gasteiger partial charge in [0, 0.05) is 29.0 Å². The molecule has 0 amide bonds. The lowest BCUT2D eigenvalue weighted by molar-refractivity contribution is 0.579. The van der Waals surface area contributed by atoms with Crippen LogP contribution in [-0.2, 0) is 10.0 Å². The maximum absolute atomic E-state index is 12.3. The average molecular weight is 366 g/mol. The topological polar surface area (TPSA) is 71.1 Å². The molecule has 0 bridgehead atoms. The first-order chi connectivity index (χ1) is 8.92. The Morgan fingerprint density at radius 2 is 2.21 bits per heavy atom. The summed E-state index contributed by atoms with van der Waals surface area (Å²) in [5, 5.41) is 2.80. The zero-order valence-corrected chi connectivity index (χ0v) is 14.0. The van der Waals surface area contributed by atoms with E-state index in [1.807, 2.05) is 6.26 Å². The number of pyridine rings is 1. The lowest BCUT2D eigenvalue weighted by atomic mass is 10.4. The van der Waals surface area contributed by atoms with E-state index in [0.29, 0.717) is 16.8 Å². The summed E-state index contributed by atoms with van der Waals surface area (Å²) >= 11 is 4.97. The predicted octanol–water partition coefficient (Wildman–Crippen LogP) is 2.06. The Kier molecular flexibility index (Phi) is 4.44. The van der Waals surface area contributed by atoms with E-state index in [9.17, 15) is 8.42 Å². The van der Waals surface area contributed by atoms with Crippen LogP contribution in [0.25, 0.3) is 0 Å². The van der Waals surface area contributed by atoms with Crippen LogP contribution in [0.3, 0.4) is 0 Å². The number of aromatic nitrogens is 1. The second kappa shape index (κ2) is 5.59. The predicted molar refractivity (Wildman–Crippen MR) is 82.2 cm³/mol. The number of thioether (sulfide) groups is 1. The molecule has 1 aromatic rings. The van der Waals surface area contributed by atoms with E-state index in [-0.39, 0.29) is 9.64 Å². The molecule has 5 nitrogen and oxygen atoms in total. The highest BCUT2D eigenvalue weighted by Gasteiger charge is 2.42. The van der Waals surface area contributed by atoms with E-state index in [1.165, 1.54) is 0 Å². The number of rotatable bonds is 6. The van der Waals surface area contributed by atoms with Crippen LogP contribution in [0.2, 0.25) is 0 Å². The molecule has 8 heteroatoms. The number of sulfonamides is 1. The number of halogens is 1. The number of hydrogen-bond acceptors (Lipinski definition) is 5. The van der Waals surface area contributed by atoms with Crippen molar-refractivity contribution in [1.29, 1.82) is 0 Å². The zero-order valence-electron chi connectivity index (χ0n) is 10.7. The van der Waals surface area contributed by atoms with E-state index in [4.69, 9.17) is 0 Å². The van der Waals surface area contributed by atoms with Gasteiger partial charge in [-0.05, 0) is 41.1 Å². The molecule has 106 valence electrons. The molecule has 0 radical (unpaired) electrons. The monoisotopic (exact) mass is 365 g/mol. The van der Waals surface area contributed by atoms with Gasteiger partial charge in [0.25, 0.3) is 0 Å². The molecular formula is C11H16BrN3O2S2. The molecule has 1 saturated carbocycles. The summed E-state index contributed by atoms with van der Waals surface area (Å²) in [5.74, 6) is 0.352. The van der Waals surface area contributed by atoms with Gasteiger partial charge < -0.3 is 5.32 Å². The number of hydrogen-bond donors (Lipinski definition) is 2. The Hall–Kier alpha value is -0.310. The molecule has 2 N–H and O–H groups in total. The summed E-state index contributed by atoms with van der Waals surface area (Å²) in [7, 11) is -1.89. The maximum Gasteiger partial charge on any atom is 0.244 e. The van der Waals surface area contributed by atoms with Crippen LogP contribution in [0, 0.1) is 0 Å². The highest BCUT2D eigenvalue weighted by atomic mass is 79.9. The van der Waals surface area contributed by atoms with Crippen LogP contribution in [0.1, 0.15) is 12.8 Å². The lowest BCUT2D eigenvalue weighted by Crippen LogP contribution is -2.32. The molecule has 2 rings (SSSR count). The summed E-state index contributed by atoms with van der Waals surface area (Å²) in [4.78, 5) is 4.23. The summed E-state index contributed by atoms with van der Waals surface area (Å²) in [6.07, 6.45) is 5.70. The zero-order chi connectivity index (χ0) is 14.1. The first-order valence-electron chi connectivity index (χ1n) is 5.80. The number of anilines is 1. The Balaban J connectivity index is 2.21. The van der Waals surface area contributed by atoms with Crippen LogP contribution in [0.4, 0.5) is 5.82 Å². The standard InChI is InChI=1S/C11H16BrN3O2S2/c1-13-10-9(5-8(12)6-14-10)19(16,17)15-7-11(18-2)3-4-11/h5-6,15H,3-4,7H2,1-2H3,(H,13,14). The fourth-order valence-corrected chi connectivity index (χ4v) is 4.32. The van der Waals surface area contributed by atoms with Crippen molar-refractivity contribution < 1.29 is 8.42 Å². The third-order valence-corrected chi connectivity index (χ3v) is 6.44. The largest absolute Gasteiger partial charge is 0.372 e. The third-order valence-electron chi connectivity index (χ3n) is 3.17. The molecule has 1 fully saturated rings. The Morgan fingerprint density at radius 1 is 1.53 bits per heavy atom. The summed E-state index contributed by atoms with van der Waals surface area (Å²) in [6.45, 7) is 0.464. The highest BCUT2D eigenvalue weighted by molar-refractivity contribution is 9.10.